The Morgan fingerprint density at radius 3 is 2.72 bits per heavy atom. The Morgan fingerprint density at radius 1 is 1.17 bits per heavy atom. The fraction of sp³-hybridized carbons (Fsp3) is 0.188. The minimum Gasteiger partial charge on any atom is -0.278 e. The lowest BCUT2D eigenvalue weighted by atomic mass is 9.74. The number of aromatic amines is 1. The summed E-state index contributed by atoms with van der Waals surface area (Å²) in [5.41, 5.74) is 3.84. The van der Waals surface area contributed by atoms with Crippen molar-refractivity contribution in [1.29, 1.82) is 0 Å². The van der Waals surface area contributed by atoms with Crippen LogP contribution in [0.15, 0.2) is 60.8 Å². The highest BCUT2D eigenvalue weighted by atomic mass is 15.1. The molecular weight excluding hydrogens is 220 g/mol. The second kappa shape index (κ2) is 4.30. The highest BCUT2D eigenvalue weighted by Crippen LogP contribution is 2.38. The number of H-pyrrole nitrogens is 1. The van der Waals surface area contributed by atoms with E-state index >= 15 is 0 Å². The molecule has 0 radical (unpaired) electrons. The maximum Gasteiger partial charge on any atom is 0.0610 e. The second-order valence-corrected chi connectivity index (χ2v) is 4.98. The highest BCUT2D eigenvalue weighted by Gasteiger charge is 2.27. The molecule has 0 bridgehead atoms. The number of aromatic nitrogens is 2. The van der Waals surface area contributed by atoms with Gasteiger partial charge in [0, 0.05) is 11.6 Å². The zero-order valence-electron chi connectivity index (χ0n) is 10.4. The van der Waals surface area contributed by atoms with E-state index in [9.17, 15) is 0 Å². The van der Waals surface area contributed by atoms with E-state index in [-0.39, 0.29) is 5.41 Å². The van der Waals surface area contributed by atoms with Crippen molar-refractivity contribution in [2.45, 2.75) is 18.8 Å². The average molecular weight is 236 g/mol. The summed E-state index contributed by atoms with van der Waals surface area (Å²) in [4.78, 5) is 0. The van der Waals surface area contributed by atoms with Crippen molar-refractivity contribution in [3.8, 4) is 0 Å². The number of nitrogens with one attached hydrogen (secondary N) is 1. The van der Waals surface area contributed by atoms with Gasteiger partial charge in [0.05, 0.1) is 5.69 Å². The summed E-state index contributed by atoms with van der Waals surface area (Å²) in [5, 5.41) is 7.07. The molecule has 1 aromatic carbocycles. The normalized spacial score (nSPS) is 22.8. The monoisotopic (exact) mass is 236 g/mol. The first kappa shape index (κ1) is 11.0. The zero-order valence-corrected chi connectivity index (χ0v) is 10.4. The van der Waals surface area contributed by atoms with Gasteiger partial charge in [0.1, 0.15) is 0 Å². The van der Waals surface area contributed by atoms with Crippen LogP contribution in [0.1, 0.15) is 24.6 Å². The maximum atomic E-state index is 4.03. The topological polar surface area (TPSA) is 28.7 Å². The van der Waals surface area contributed by atoms with Gasteiger partial charge in [-0.3, -0.25) is 5.10 Å². The SMILES string of the molecule is CC1(c2ccccc2)C=CC=C(c2ccn[nH]2)C1. The van der Waals surface area contributed by atoms with Crippen LogP contribution in [0.5, 0.6) is 0 Å². The molecule has 2 heteroatoms. The minimum atomic E-state index is 0.0659. The molecule has 1 unspecified atom stereocenters. The Hall–Kier alpha value is -2.09. The fourth-order valence-corrected chi connectivity index (χ4v) is 2.53. The zero-order chi connectivity index (χ0) is 12.4. The van der Waals surface area contributed by atoms with Gasteiger partial charge < -0.3 is 0 Å². The molecule has 0 saturated heterocycles. The Labute approximate surface area is 107 Å². The third kappa shape index (κ3) is 1.90. The Kier molecular flexibility index (Phi) is 2.63. The molecule has 2 nitrogen and oxygen atoms in total. The van der Waals surface area contributed by atoms with Crippen molar-refractivity contribution in [3.63, 3.8) is 0 Å². The van der Waals surface area contributed by atoms with Crippen LogP contribution in [0.3, 0.4) is 0 Å². The van der Waals surface area contributed by atoms with Gasteiger partial charge in [-0.25, -0.2) is 0 Å². The summed E-state index contributed by atoms with van der Waals surface area (Å²) in [6, 6.07) is 12.7. The molecule has 0 saturated carbocycles. The molecule has 1 aromatic heterocycles. The summed E-state index contributed by atoms with van der Waals surface area (Å²) in [7, 11) is 0. The number of benzene rings is 1. The highest BCUT2D eigenvalue weighted by molar-refractivity contribution is 5.68. The van der Waals surface area contributed by atoms with Crippen molar-refractivity contribution >= 4 is 5.57 Å². The molecule has 2 aromatic rings. The van der Waals surface area contributed by atoms with Crippen molar-refractivity contribution in [2.24, 2.45) is 0 Å². The first-order valence-electron chi connectivity index (χ1n) is 6.22. The van der Waals surface area contributed by atoms with Gasteiger partial charge in [0.2, 0.25) is 0 Å². The molecular formula is C16H16N2. The van der Waals surface area contributed by atoms with Gasteiger partial charge >= 0.3 is 0 Å². The van der Waals surface area contributed by atoms with Crippen LogP contribution in [0.2, 0.25) is 0 Å². The molecule has 90 valence electrons. The van der Waals surface area contributed by atoms with Gasteiger partial charge in [-0.15, -0.1) is 0 Å². The van der Waals surface area contributed by atoms with Crippen LogP contribution in [-0.4, -0.2) is 10.2 Å². The average Bonchev–Trinajstić information content (AvgIpc) is 2.94. The molecule has 0 fully saturated rings. The summed E-state index contributed by atoms with van der Waals surface area (Å²) in [6.07, 6.45) is 9.39. The van der Waals surface area contributed by atoms with Crippen LogP contribution >= 0.6 is 0 Å². The van der Waals surface area contributed by atoms with E-state index in [1.807, 2.05) is 6.07 Å². The van der Waals surface area contributed by atoms with Gasteiger partial charge in [-0.05, 0) is 23.6 Å². The number of allylic oxidation sites excluding steroid dienone is 4. The van der Waals surface area contributed by atoms with Crippen molar-refractivity contribution in [1.82, 2.24) is 10.2 Å². The van der Waals surface area contributed by atoms with E-state index < -0.39 is 0 Å². The second-order valence-electron chi connectivity index (χ2n) is 4.98. The molecule has 0 amide bonds. The third-order valence-corrected chi connectivity index (χ3v) is 3.60. The van der Waals surface area contributed by atoms with Crippen LogP contribution in [0.4, 0.5) is 0 Å². The first-order valence-corrected chi connectivity index (χ1v) is 6.22. The molecule has 1 aliphatic rings. The first-order chi connectivity index (χ1) is 8.78. The lowest BCUT2D eigenvalue weighted by Crippen LogP contribution is -2.21. The summed E-state index contributed by atoms with van der Waals surface area (Å²) in [5.74, 6) is 0. The van der Waals surface area contributed by atoms with E-state index in [4.69, 9.17) is 0 Å². The Bertz CT molecular complexity index is 579. The minimum absolute atomic E-state index is 0.0659. The molecule has 0 spiro atoms. The fourth-order valence-electron chi connectivity index (χ4n) is 2.53. The van der Waals surface area contributed by atoms with E-state index in [2.05, 4.69) is 65.7 Å². The van der Waals surface area contributed by atoms with Crippen molar-refractivity contribution < 1.29 is 0 Å². The lowest BCUT2D eigenvalue weighted by molar-refractivity contribution is 0.608. The van der Waals surface area contributed by atoms with E-state index in [1.54, 1.807) is 6.20 Å². The predicted molar refractivity (Wildman–Crippen MR) is 74.1 cm³/mol. The summed E-state index contributed by atoms with van der Waals surface area (Å²) >= 11 is 0. The summed E-state index contributed by atoms with van der Waals surface area (Å²) in [6.45, 7) is 2.28. The molecule has 1 aliphatic carbocycles. The maximum absolute atomic E-state index is 4.03. The molecule has 1 heterocycles. The van der Waals surface area contributed by atoms with Crippen LogP contribution in [0, 0.1) is 0 Å². The lowest BCUT2D eigenvalue weighted by Gasteiger charge is -2.30. The molecule has 1 N–H and O–H groups in total. The van der Waals surface area contributed by atoms with Crippen LogP contribution < -0.4 is 0 Å². The number of rotatable bonds is 2. The summed E-state index contributed by atoms with van der Waals surface area (Å²) < 4.78 is 0. The standard InChI is InChI=1S/C16H16N2/c1-16(14-7-3-2-4-8-14)10-5-6-13(12-16)15-9-11-17-18-15/h2-11H,12H2,1H3,(H,17,18). The van der Waals surface area contributed by atoms with Gasteiger partial charge in [-0.1, -0.05) is 55.5 Å². The van der Waals surface area contributed by atoms with Crippen molar-refractivity contribution in [2.75, 3.05) is 0 Å². The number of hydrogen-bond acceptors (Lipinski definition) is 1. The molecule has 1 atom stereocenters. The van der Waals surface area contributed by atoms with Crippen LogP contribution in [-0.2, 0) is 5.41 Å². The molecule has 18 heavy (non-hydrogen) atoms. The molecule has 3 rings (SSSR count). The quantitative estimate of drug-likeness (QED) is 0.846. The van der Waals surface area contributed by atoms with E-state index in [0.29, 0.717) is 0 Å². The van der Waals surface area contributed by atoms with Crippen LogP contribution in [0.25, 0.3) is 5.57 Å². The smallest absolute Gasteiger partial charge is 0.0610 e. The number of nitrogens with zero attached hydrogens (tertiary/aromatic N) is 1. The van der Waals surface area contributed by atoms with Gasteiger partial charge in [0.25, 0.3) is 0 Å². The van der Waals surface area contributed by atoms with E-state index in [0.717, 1.165) is 12.1 Å². The van der Waals surface area contributed by atoms with Gasteiger partial charge in [-0.2, -0.15) is 5.10 Å². The van der Waals surface area contributed by atoms with E-state index in [1.165, 1.54) is 11.1 Å². The Morgan fingerprint density at radius 2 is 2.00 bits per heavy atom. The van der Waals surface area contributed by atoms with Gasteiger partial charge in [0.15, 0.2) is 0 Å². The molecule has 0 aliphatic heterocycles. The van der Waals surface area contributed by atoms with Crippen molar-refractivity contribution in [3.05, 3.63) is 72.1 Å². The third-order valence-electron chi connectivity index (χ3n) is 3.60. The largest absolute Gasteiger partial charge is 0.278 e. The Balaban J connectivity index is 1.94. The number of hydrogen-bond donors (Lipinski definition) is 1. The predicted octanol–water partition coefficient (Wildman–Crippen LogP) is 3.71.